The van der Waals surface area contributed by atoms with Crippen molar-refractivity contribution in [3.05, 3.63) is 69.8 Å². The summed E-state index contributed by atoms with van der Waals surface area (Å²) < 4.78 is 2.09. The monoisotopic (exact) mass is 552 g/mol. The van der Waals surface area contributed by atoms with Crippen molar-refractivity contribution in [1.29, 1.82) is 0 Å². The molecular formula is C26H31Cl3N4OS. The molecule has 35 heavy (non-hydrogen) atoms. The zero-order valence-corrected chi connectivity index (χ0v) is 22.7. The number of thioether (sulfide) groups is 1. The first-order valence-electron chi connectivity index (χ1n) is 11.8. The lowest BCUT2D eigenvalue weighted by Crippen LogP contribution is -2.35. The summed E-state index contributed by atoms with van der Waals surface area (Å²) in [4.78, 5) is 20.4. The summed E-state index contributed by atoms with van der Waals surface area (Å²) in [6, 6.07) is 14.1. The molecule has 1 amide bonds. The Hall–Kier alpha value is -1.70. The number of rotatable bonds is 8. The number of piperidine rings is 1. The number of nitrogens with zero attached hydrogens (tertiary/aromatic N) is 3. The van der Waals surface area contributed by atoms with Gasteiger partial charge in [0.05, 0.1) is 21.8 Å². The summed E-state index contributed by atoms with van der Waals surface area (Å²) in [5.41, 5.74) is 3.12. The van der Waals surface area contributed by atoms with E-state index in [4.69, 9.17) is 11.6 Å². The third-order valence-electron chi connectivity index (χ3n) is 6.68. The van der Waals surface area contributed by atoms with E-state index in [2.05, 4.69) is 31.7 Å². The molecule has 3 aromatic rings. The molecule has 2 aromatic heterocycles. The molecular weight excluding hydrogens is 523 g/mol. The van der Waals surface area contributed by atoms with Gasteiger partial charge < -0.3 is 10.2 Å². The second-order valence-electron chi connectivity index (χ2n) is 8.88. The number of amides is 1. The number of nitrogens with one attached hydrogen (secondary N) is 1. The van der Waals surface area contributed by atoms with Gasteiger partial charge in [-0.2, -0.15) is 0 Å². The topological polar surface area (TPSA) is 49.6 Å². The Bertz CT molecular complexity index is 1170. The molecule has 9 heteroatoms. The van der Waals surface area contributed by atoms with Gasteiger partial charge in [0.1, 0.15) is 5.65 Å². The highest BCUT2D eigenvalue weighted by Gasteiger charge is 2.21. The Morgan fingerprint density at radius 3 is 2.71 bits per heavy atom. The molecule has 188 valence electrons. The van der Waals surface area contributed by atoms with Crippen LogP contribution in [-0.2, 0) is 11.2 Å². The van der Waals surface area contributed by atoms with E-state index in [1.54, 1.807) is 0 Å². The van der Waals surface area contributed by atoms with Gasteiger partial charge in [-0.15, -0.1) is 24.8 Å². The predicted octanol–water partition coefficient (Wildman–Crippen LogP) is 6.13. The van der Waals surface area contributed by atoms with E-state index in [0.29, 0.717) is 0 Å². The molecule has 0 bridgehead atoms. The first-order valence-corrected chi connectivity index (χ1v) is 13.0. The van der Waals surface area contributed by atoms with Gasteiger partial charge in [-0.3, -0.25) is 9.20 Å². The van der Waals surface area contributed by atoms with Crippen LogP contribution in [0.25, 0.3) is 11.7 Å². The van der Waals surface area contributed by atoms with Gasteiger partial charge in [0.15, 0.2) is 0 Å². The molecule has 5 rings (SSSR count). The molecule has 0 unspecified atom stereocenters. The molecule has 1 N–H and O–H groups in total. The van der Waals surface area contributed by atoms with E-state index < -0.39 is 0 Å². The molecule has 1 saturated heterocycles. The second-order valence-corrected chi connectivity index (χ2v) is 10.3. The van der Waals surface area contributed by atoms with E-state index in [9.17, 15) is 4.79 Å². The van der Waals surface area contributed by atoms with Crippen molar-refractivity contribution in [1.82, 2.24) is 19.6 Å². The summed E-state index contributed by atoms with van der Waals surface area (Å²) in [5, 5.41) is 5.03. The third kappa shape index (κ3) is 6.75. The van der Waals surface area contributed by atoms with Gasteiger partial charge in [-0.05, 0) is 81.0 Å². The van der Waals surface area contributed by atoms with Gasteiger partial charge in [0.2, 0.25) is 0 Å². The van der Waals surface area contributed by atoms with Gasteiger partial charge in [0, 0.05) is 18.1 Å². The van der Waals surface area contributed by atoms with Crippen LogP contribution >= 0.6 is 48.2 Å². The summed E-state index contributed by atoms with van der Waals surface area (Å²) in [5.74, 6) is 0.771. The SMILES string of the molecule is Cl.Cl.O=C(NCCCC1CCN(CCc2ccccc2Cl)CC1)C1=Cc2cnc3cccc(n23)S1. The fraction of sp³-hybridized carbons (Fsp3) is 0.385. The Morgan fingerprint density at radius 2 is 1.91 bits per heavy atom. The van der Waals surface area contributed by atoms with Gasteiger partial charge >= 0.3 is 0 Å². The normalized spacial score (nSPS) is 15.7. The Morgan fingerprint density at radius 1 is 1.11 bits per heavy atom. The second kappa shape index (κ2) is 13.0. The van der Waals surface area contributed by atoms with Crippen molar-refractivity contribution < 1.29 is 4.79 Å². The van der Waals surface area contributed by atoms with E-state index in [1.807, 2.05) is 42.6 Å². The molecule has 1 aromatic carbocycles. The van der Waals surface area contributed by atoms with E-state index in [1.165, 1.54) is 36.6 Å². The zero-order valence-electron chi connectivity index (χ0n) is 19.5. The minimum atomic E-state index is 0. The smallest absolute Gasteiger partial charge is 0.258 e. The van der Waals surface area contributed by atoms with Crippen LogP contribution in [0, 0.1) is 5.92 Å². The first kappa shape index (κ1) is 27.9. The average molecular weight is 554 g/mol. The lowest BCUT2D eigenvalue weighted by atomic mass is 9.92. The maximum Gasteiger partial charge on any atom is 0.258 e. The molecule has 2 aliphatic rings. The maximum atomic E-state index is 12.7. The van der Waals surface area contributed by atoms with E-state index in [0.717, 1.165) is 71.2 Å². The summed E-state index contributed by atoms with van der Waals surface area (Å²) in [7, 11) is 0. The van der Waals surface area contributed by atoms with Crippen LogP contribution < -0.4 is 5.32 Å². The van der Waals surface area contributed by atoms with Crippen LogP contribution in [0.3, 0.4) is 0 Å². The fourth-order valence-corrected chi connectivity index (χ4v) is 5.99. The molecule has 0 radical (unpaired) electrons. The zero-order chi connectivity index (χ0) is 22.6. The third-order valence-corrected chi connectivity index (χ3v) is 8.09. The average Bonchev–Trinajstić information content (AvgIpc) is 3.26. The molecule has 0 spiro atoms. The van der Waals surface area contributed by atoms with Crippen molar-refractivity contribution in [2.45, 2.75) is 37.1 Å². The number of carbonyl (C=O) groups is 1. The van der Waals surface area contributed by atoms with Crippen LogP contribution in [0.1, 0.15) is 36.9 Å². The number of benzene rings is 1. The van der Waals surface area contributed by atoms with Crippen LogP contribution in [0.2, 0.25) is 5.02 Å². The van der Waals surface area contributed by atoms with Crippen LogP contribution in [0.5, 0.6) is 0 Å². The fourth-order valence-electron chi connectivity index (χ4n) is 4.76. The molecule has 2 aliphatic heterocycles. The van der Waals surface area contributed by atoms with Crippen molar-refractivity contribution in [3.8, 4) is 0 Å². The summed E-state index contributed by atoms with van der Waals surface area (Å²) in [6.45, 7) is 4.12. The first-order chi connectivity index (χ1) is 16.2. The molecule has 5 nitrogen and oxygen atoms in total. The predicted molar refractivity (Wildman–Crippen MR) is 150 cm³/mol. The highest BCUT2D eigenvalue weighted by atomic mass is 35.5. The van der Waals surface area contributed by atoms with Gasteiger partial charge in [-0.25, -0.2) is 4.98 Å². The standard InChI is InChI=1S/C26H29ClN4OS.2ClH/c27-22-7-2-1-6-20(22)12-16-30-14-10-19(11-15-30)5-4-13-28-26(32)23-17-21-18-29-24-8-3-9-25(33-23)31(21)24;;/h1-3,6-9,17-19H,4-5,10-16H2,(H,28,32);2*1H. The highest BCUT2D eigenvalue weighted by molar-refractivity contribution is 8.04. The van der Waals surface area contributed by atoms with Crippen molar-refractivity contribution in [2.75, 3.05) is 26.2 Å². The molecule has 0 aliphatic carbocycles. The Labute approximate surface area is 228 Å². The largest absolute Gasteiger partial charge is 0.352 e. The number of hydrogen-bond donors (Lipinski definition) is 1. The maximum absolute atomic E-state index is 12.7. The Kier molecular flexibility index (Phi) is 10.4. The molecule has 4 heterocycles. The number of hydrogen-bond acceptors (Lipinski definition) is 4. The Balaban J connectivity index is 0.00000171. The minimum absolute atomic E-state index is 0. The number of carbonyl (C=O) groups excluding carboxylic acids is 1. The van der Waals surface area contributed by atoms with Crippen molar-refractivity contribution in [2.24, 2.45) is 5.92 Å². The van der Waals surface area contributed by atoms with Crippen LogP contribution in [0.15, 0.2) is 58.6 Å². The van der Waals surface area contributed by atoms with Gasteiger partial charge in [-0.1, -0.05) is 47.6 Å². The number of imidazole rings is 1. The number of halogens is 3. The van der Waals surface area contributed by atoms with Crippen molar-refractivity contribution in [3.63, 3.8) is 0 Å². The van der Waals surface area contributed by atoms with E-state index in [-0.39, 0.29) is 30.7 Å². The highest BCUT2D eigenvalue weighted by Crippen LogP contribution is 2.34. The lowest BCUT2D eigenvalue weighted by Gasteiger charge is -2.32. The quantitative estimate of drug-likeness (QED) is 0.341. The van der Waals surface area contributed by atoms with Crippen molar-refractivity contribution >= 4 is 65.8 Å². The van der Waals surface area contributed by atoms with Crippen LogP contribution in [-0.4, -0.2) is 46.4 Å². The number of aromatic nitrogens is 2. The summed E-state index contributed by atoms with van der Waals surface area (Å²) in [6.07, 6.45) is 9.47. The van der Waals surface area contributed by atoms with E-state index >= 15 is 0 Å². The van der Waals surface area contributed by atoms with Gasteiger partial charge in [0.25, 0.3) is 5.91 Å². The van der Waals surface area contributed by atoms with Crippen LogP contribution in [0.4, 0.5) is 0 Å². The number of likely N-dealkylation sites (tertiary alicyclic amines) is 1. The minimum Gasteiger partial charge on any atom is -0.352 e. The molecule has 0 atom stereocenters. The molecule has 1 fully saturated rings. The lowest BCUT2D eigenvalue weighted by molar-refractivity contribution is -0.116. The molecule has 0 saturated carbocycles. The summed E-state index contributed by atoms with van der Waals surface area (Å²) >= 11 is 7.80. The number of pyridine rings is 1.